The Balaban J connectivity index is 4.53. The smallest absolute Gasteiger partial charge is 0.309 e. The minimum absolute atomic E-state index is 0.0313. The third kappa shape index (κ3) is 12.0. The molecular weight excluding hydrogens is 314 g/mol. The predicted octanol–water partition coefficient (Wildman–Crippen LogP) is -0.109. The first kappa shape index (κ1) is 22.5. The number of likely N-dealkylation sites (N-methyl/N-ethyl adjacent to an activating group) is 1. The Morgan fingerprint density at radius 2 is 1.75 bits per heavy atom. The summed E-state index contributed by atoms with van der Waals surface area (Å²) in [6, 6.07) is 0. The molecule has 24 heavy (non-hydrogen) atoms. The van der Waals surface area contributed by atoms with E-state index in [0.29, 0.717) is 17.4 Å². The van der Waals surface area contributed by atoms with E-state index in [9.17, 15) is 24.6 Å². The van der Waals surface area contributed by atoms with Gasteiger partial charge in [0.05, 0.1) is 32.7 Å². The van der Waals surface area contributed by atoms with Crippen molar-refractivity contribution in [1.29, 1.82) is 0 Å². The van der Waals surface area contributed by atoms with Gasteiger partial charge in [-0.3, -0.25) is 9.59 Å². The van der Waals surface area contributed by atoms with Crippen LogP contribution < -0.4 is 5.11 Å². The summed E-state index contributed by atoms with van der Waals surface area (Å²) in [7, 11) is 5.61. The molecule has 0 saturated heterocycles. The molecule has 0 aliphatic heterocycles. The zero-order chi connectivity index (χ0) is 19.1. The fourth-order valence-corrected chi connectivity index (χ4v) is 2.29. The maximum Gasteiger partial charge on any atom is 0.309 e. The lowest BCUT2D eigenvalue weighted by Crippen LogP contribution is -2.45. The molecule has 140 valence electrons. The Morgan fingerprint density at radius 1 is 1.21 bits per heavy atom. The molecule has 0 rings (SSSR count). The first-order valence-electron chi connectivity index (χ1n) is 8.14. The normalized spacial score (nSPS) is 14.8. The van der Waals surface area contributed by atoms with Gasteiger partial charge >= 0.3 is 5.97 Å². The molecule has 2 unspecified atom stereocenters. The number of aliphatic carboxylic acids is 1. The summed E-state index contributed by atoms with van der Waals surface area (Å²) in [6.45, 7) is 5.10. The topological polar surface area (TPSA) is 104 Å². The van der Waals surface area contributed by atoms with Crippen LogP contribution in [0.3, 0.4) is 0 Å². The van der Waals surface area contributed by atoms with Crippen LogP contribution in [-0.4, -0.2) is 66.7 Å². The van der Waals surface area contributed by atoms with E-state index in [1.165, 1.54) is 0 Å². The molecule has 1 N–H and O–H groups in total. The van der Waals surface area contributed by atoms with Gasteiger partial charge in [-0.15, -0.1) is 0 Å². The van der Waals surface area contributed by atoms with Crippen LogP contribution >= 0.6 is 0 Å². The van der Waals surface area contributed by atoms with E-state index >= 15 is 0 Å². The van der Waals surface area contributed by atoms with Gasteiger partial charge in [-0.2, -0.15) is 0 Å². The number of carbonyl (C=O) groups is 3. The molecule has 2 atom stereocenters. The molecule has 7 heteroatoms. The molecule has 0 radical (unpaired) electrons. The van der Waals surface area contributed by atoms with Crippen molar-refractivity contribution >= 4 is 17.7 Å². The third-order valence-electron chi connectivity index (χ3n) is 3.32. The Morgan fingerprint density at radius 3 is 2.17 bits per heavy atom. The summed E-state index contributed by atoms with van der Waals surface area (Å²) in [6.07, 6.45) is -0.622. The Kier molecular flexibility index (Phi) is 8.57. The maximum absolute atomic E-state index is 12.1. The first-order chi connectivity index (χ1) is 10.7. The van der Waals surface area contributed by atoms with Crippen LogP contribution in [0.2, 0.25) is 0 Å². The molecule has 0 aliphatic rings. The lowest BCUT2D eigenvalue weighted by atomic mass is 9.96. The van der Waals surface area contributed by atoms with Crippen LogP contribution in [0.5, 0.6) is 0 Å². The molecule has 0 amide bonds. The first-order valence-corrected chi connectivity index (χ1v) is 8.14. The highest BCUT2D eigenvalue weighted by Gasteiger charge is 2.26. The van der Waals surface area contributed by atoms with Crippen molar-refractivity contribution < 1.29 is 33.8 Å². The highest BCUT2D eigenvalue weighted by atomic mass is 16.5. The van der Waals surface area contributed by atoms with E-state index in [1.54, 1.807) is 20.8 Å². The van der Waals surface area contributed by atoms with Crippen LogP contribution in [-0.2, 0) is 19.1 Å². The number of Topliss-reactive ketones (excluding diaryl/α,β-unsaturated/α-hetero) is 1. The van der Waals surface area contributed by atoms with Crippen molar-refractivity contribution in [3.8, 4) is 0 Å². The molecule has 0 bridgehead atoms. The maximum atomic E-state index is 12.1. The largest absolute Gasteiger partial charge is 0.550 e. The molecular formula is C17H31NO6. The third-order valence-corrected chi connectivity index (χ3v) is 3.32. The minimum Gasteiger partial charge on any atom is -0.550 e. The highest BCUT2D eigenvalue weighted by Crippen LogP contribution is 2.16. The number of rotatable bonds is 11. The van der Waals surface area contributed by atoms with Gasteiger partial charge in [-0.25, -0.2) is 0 Å². The van der Waals surface area contributed by atoms with Gasteiger partial charge < -0.3 is 24.2 Å². The van der Waals surface area contributed by atoms with Crippen LogP contribution in [0.1, 0.15) is 46.5 Å². The van der Waals surface area contributed by atoms with E-state index < -0.39 is 29.6 Å². The second-order valence-electron chi connectivity index (χ2n) is 8.08. The second-order valence-corrected chi connectivity index (χ2v) is 8.08. The zero-order valence-corrected chi connectivity index (χ0v) is 15.6. The minimum atomic E-state index is -1.27. The summed E-state index contributed by atoms with van der Waals surface area (Å²) >= 11 is 0. The quantitative estimate of drug-likeness (QED) is 0.414. The van der Waals surface area contributed by atoms with Crippen LogP contribution in [0.15, 0.2) is 0 Å². The van der Waals surface area contributed by atoms with Crippen molar-refractivity contribution in [3.63, 3.8) is 0 Å². The number of carboxylic acid groups (broad SMARTS) is 1. The summed E-state index contributed by atoms with van der Waals surface area (Å²) in [4.78, 5) is 34.7. The molecule has 0 aromatic rings. The van der Waals surface area contributed by atoms with Gasteiger partial charge in [0.2, 0.25) is 0 Å². The van der Waals surface area contributed by atoms with Crippen molar-refractivity contribution in [3.05, 3.63) is 0 Å². The van der Waals surface area contributed by atoms with Gasteiger partial charge in [0.15, 0.2) is 6.10 Å². The average molecular weight is 345 g/mol. The highest BCUT2D eigenvalue weighted by molar-refractivity contribution is 5.80. The van der Waals surface area contributed by atoms with E-state index in [2.05, 4.69) is 0 Å². The number of hydrogen-bond acceptors (Lipinski definition) is 6. The fourth-order valence-electron chi connectivity index (χ4n) is 2.29. The summed E-state index contributed by atoms with van der Waals surface area (Å²) in [5.74, 6) is -2.44. The Hall–Kier alpha value is -1.47. The second kappa shape index (κ2) is 9.13. The zero-order valence-electron chi connectivity index (χ0n) is 15.6. The average Bonchev–Trinajstić information content (AvgIpc) is 2.30. The van der Waals surface area contributed by atoms with Gasteiger partial charge in [0.25, 0.3) is 0 Å². The molecule has 0 aliphatic carbocycles. The van der Waals surface area contributed by atoms with Crippen LogP contribution in [0.4, 0.5) is 0 Å². The molecule has 0 fully saturated rings. The molecule has 0 spiro atoms. The van der Waals surface area contributed by atoms with Crippen molar-refractivity contribution in [2.75, 3.05) is 27.7 Å². The molecule has 0 heterocycles. The van der Waals surface area contributed by atoms with Crippen LogP contribution in [0.25, 0.3) is 0 Å². The molecule has 0 saturated carbocycles. The van der Waals surface area contributed by atoms with Crippen LogP contribution in [0, 0.1) is 5.92 Å². The van der Waals surface area contributed by atoms with Gasteiger partial charge in [0, 0.05) is 25.2 Å². The summed E-state index contributed by atoms with van der Waals surface area (Å²) in [5, 5.41) is 20.4. The van der Waals surface area contributed by atoms with Crippen molar-refractivity contribution in [2.45, 2.75) is 58.2 Å². The number of quaternary nitrogens is 1. The number of esters is 1. The van der Waals surface area contributed by atoms with E-state index in [1.807, 2.05) is 21.1 Å². The van der Waals surface area contributed by atoms with Crippen molar-refractivity contribution in [2.24, 2.45) is 5.92 Å². The summed E-state index contributed by atoms with van der Waals surface area (Å²) < 4.78 is 5.74. The van der Waals surface area contributed by atoms with Crippen molar-refractivity contribution in [1.82, 2.24) is 0 Å². The Labute approximate surface area is 144 Å². The lowest BCUT2D eigenvalue weighted by Gasteiger charge is -2.29. The molecule has 0 aromatic carbocycles. The van der Waals surface area contributed by atoms with E-state index in [4.69, 9.17) is 4.74 Å². The van der Waals surface area contributed by atoms with Gasteiger partial charge in [-0.05, 0) is 20.3 Å². The van der Waals surface area contributed by atoms with E-state index in [0.717, 1.165) is 0 Å². The fraction of sp³-hybridized carbons (Fsp3) is 0.824. The lowest BCUT2D eigenvalue weighted by molar-refractivity contribution is -0.873. The standard InChI is InChI=1S/C17H31NO6/c1-12(7-8-13(19)10-17(2,3)23)16(22)24-14(9-15(20)21)11-18(4,5)6/h12,14,23H,7-11H2,1-6H3. The number of hydrogen-bond donors (Lipinski definition) is 1. The summed E-state index contributed by atoms with van der Waals surface area (Å²) in [5.41, 5.74) is -1.06. The van der Waals surface area contributed by atoms with Gasteiger partial charge in [-0.1, -0.05) is 6.92 Å². The number of ether oxygens (including phenoxy) is 1. The van der Waals surface area contributed by atoms with Gasteiger partial charge in [0.1, 0.15) is 12.3 Å². The number of nitrogens with zero attached hydrogens (tertiary/aromatic N) is 1. The van der Waals surface area contributed by atoms with E-state index in [-0.39, 0.29) is 25.0 Å². The predicted molar refractivity (Wildman–Crippen MR) is 86.7 cm³/mol. The molecule has 7 nitrogen and oxygen atoms in total. The number of aliphatic hydroxyl groups is 1. The number of carboxylic acids is 1. The number of ketones is 1. The number of carbonyl (C=O) groups excluding carboxylic acids is 3. The SMILES string of the molecule is CC(CCC(=O)CC(C)(C)O)C(=O)OC(CC(=O)[O-])C[N+](C)(C)C. The Bertz CT molecular complexity index is 447. The molecule has 0 aromatic heterocycles. The monoisotopic (exact) mass is 345 g/mol.